The van der Waals surface area contributed by atoms with Crippen LogP contribution >= 0.6 is 0 Å². The van der Waals surface area contributed by atoms with Gasteiger partial charge in [0.1, 0.15) is 11.4 Å². The predicted molar refractivity (Wildman–Crippen MR) is 128 cm³/mol. The molecule has 1 amide bonds. The summed E-state index contributed by atoms with van der Waals surface area (Å²) < 4.78 is 25.4. The number of hydrogen-bond acceptors (Lipinski definition) is 5. The molecule has 1 atom stereocenters. The number of anilines is 1. The van der Waals surface area contributed by atoms with Gasteiger partial charge >= 0.3 is 6.09 Å². The molecule has 0 bridgehead atoms. The monoisotopic (exact) mass is 458 g/mol. The first-order chi connectivity index (χ1) is 15.3. The van der Waals surface area contributed by atoms with Crippen LogP contribution in [-0.4, -0.2) is 48.9 Å². The molecule has 2 aromatic carbocycles. The number of nitrogens with zero attached hydrogens (tertiary/aromatic N) is 2. The number of carbonyl (C=O) groups is 1. The SMILES string of the molecule is CN(C)c1ccc2c(c1)OCCC2N(CC(C)(C)c1ccc(F)c(O)c1)C(=O)OC(C)(C)C. The summed E-state index contributed by atoms with van der Waals surface area (Å²) in [6, 6.07) is 10.1. The summed E-state index contributed by atoms with van der Waals surface area (Å²) in [5.74, 6) is -0.325. The van der Waals surface area contributed by atoms with Crippen LogP contribution in [0.15, 0.2) is 36.4 Å². The quantitative estimate of drug-likeness (QED) is 0.629. The third kappa shape index (κ3) is 5.70. The van der Waals surface area contributed by atoms with Gasteiger partial charge in [-0.05, 0) is 44.5 Å². The summed E-state index contributed by atoms with van der Waals surface area (Å²) in [7, 11) is 3.94. The van der Waals surface area contributed by atoms with E-state index in [1.54, 1.807) is 11.0 Å². The number of amides is 1. The van der Waals surface area contributed by atoms with Crippen LogP contribution in [0.5, 0.6) is 11.5 Å². The molecular weight excluding hydrogens is 423 g/mol. The Balaban J connectivity index is 2.01. The summed E-state index contributed by atoms with van der Waals surface area (Å²) in [4.78, 5) is 17.2. The number of aromatic hydroxyl groups is 1. The highest BCUT2D eigenvalue weighted by Gasteiger charge is 2.37. The van der Waals surface area contributed by atoms with Crippen LogP contribution in [0, 0.1) is 5.82 Å². The van der Waals surface area contributed by atoms with Gasteiger partial charge in [0.15, 0.2) is 11.6 Å². The molecule has 1 N–H and O–H groups in total. The maximum atomic E-state index is 13.7. The molecule has 1 heterocycles. The van der Waals surface area contributed by atoms with E-state index >= 15 is 0 Å². The highest BCUT2D eigenvalue weighted by atomic mass is 19.1. The maximum absolute atomic E-state index is 13.7. The minimum Gasteiger partial charge on any atom is -0.505 e. The Morgan fingerprint density at radius 3 is 2.45 bits per heavy atom. The molecule has 1 unspecified atom stereocenters. The summed E-state index contributed by atoms with van der Waals surface area (Å²) in [5, 5.41) is 9.91. The highest BCUT2D eigenvalue weighted by Crippen LogP contribution is 2.40. The van der Waals surface area contributed by atoms with E-state index in [4.69, 9.17) is 9.47 Å². The smallest absolute Gasteiger partial charge is 0.410 e. The van der Waals surface area contributed by atoms with Crippen molar-refractivity contribution in [1.82, 2.24) is 4.90 Å². The van der Waals surface area contributed by atoms with Crippen LogP contribution in [0.1, 0.15) is 58.2 Å². The second-order valence-corrected chi connectivity index (χ2v) is 10.4. The predicted octanol–water partition coefficient (Wildman–Crippen LogP) is 5.64. The van der Waals surface area contributed by atoms with Crippen LogP contribution < -0.4 is 9.64 Å². The second kappa shape index (κ2) is 9.12. The molecule has 6 nitrogen and oxygen atoms in total. The van der Waals surface area contributed by atoms with Gasteiger partial charge in [0, 0.05) is 49.8 Å². The number of hydrogen-bond donors (Lipinski definition) is 1. The van der Waals surface area contributed by atoms with Crippen LogP contribution in [0.25, 0.3) is 0 Å². The summed E-state index contributed by atoms with van der Waals surface area (Å²) in [5.41, 5.74) is 1.43. The van der Waals surface area contributed by atoms with Crippen LogP contribution in [0.4, 0.5) is 14.9 Å². The number of fused-ring (bicyclic) bond motifs is 1. The molecule has 2 aromatic rings. The van der Waals surface area contributed by atoms with E-state index in [-0.39, 0.29) is 6.04 Å². The molecule has 0 saturated heterocycles. The van der Waals surface area contributed by atoms with Crippen molar-refractivity contribution in [2.75, 3.05) is 32.1 Å². The van der Waals surface area contributed by atoms with E-state index in [9.17, 15) is 14.3 Å². The van der Waals surface area contributed by atoms with Gasteiger partial charge < -0.3 is 24.4 Å². The standard InChI is InChI=1S/C26H35FN2O4/c1-25(2,3)33-24(31)29(16-26(4,5)17-8-11-20(27)22(30)14-17)21-12-13-32-23-15-18(28(6)7)9-10-19(21)23/h8-11,14-15,21,30H,12-13,16H2,1-7H3. The number of halogens is 1. The summed E-state index contributed by atoms with van der Waals surface area (Å²) >= 11 is 0. The van der Waals surface area contributed by atoms with E-state index < -0.39 is 28.7 Å². The van der Waals surface area contributed by atoms with Gasteiger partial charge in [-0.2, -0.15) is 0 Å². The van der Waals surface area contributed by atoms with Crippen molar-refractivity contribution in [2.45, 2.75) is 58.1 Å². The third-order valence-electron chi connectivity index (χ3n) is 5.82. The van der Waals surface area contributed by atoms with Crippen molar-refractivity contribution in [1.29, 1.82) is 0 Å². The third-order valence-corrected chi connectivity index (χ3v) is 5.82. The number of phenols is 1. The van der Waals surface area contributed by atoms with Crippen molar-refractivity contribution in [3.63, 3.8) is 0 Å². The largest absolute Gasteiger partial charge is 0.505 e. The minimum absolute atomic E-state index is 0.242. The molecule has 0 aliphatic carbocycles. The van der Waals surface area contributed by atoms with Gasteiger partial charge in [-0.15, -0.1) is 0 Å². The maximum Gasteiger partial charge on any atom is 0.410 e. The molecule has 1 aliphatic heterocycles. The average Bonchev–Trinajstić information content (AvgIpc) is 2.71. The lowest BCUT2D eigenvalue weighted by molar-refractivity contribution is 0.00673. The Bertz CT molecular complexity index is 1010. The zero-order valence-electron chi connectivity index (χ0n) is 20.6. The number of carbonyl (C=O) groups excluding carboxylic acids is 1. The van der Waals surface area contributed by atoms with E-state index in [0.717, 1.165) is 22.6 Å². The van der Waals surface area contributed by atoms with E-state index in [2.05, 4.69) is 0 Å². The van der Waals surface area contributed by atoms with Crippen LogP contribution in [0.2, 0.25) is 0 Å². The van der Waals surface area contributed by atoms with E-state index in [0.29, 0.717) is 19.6 Å². The lowest BCUT2D eigenvalue weighted by Gasteiger charge is -2.41. The highest BCUT2D eigenvalue weighted by molar-refractivity contribution is 5.70. The fraction of sp³-hybridized carbons (Fsp3) is 0.500. The summed E-state index contributed by atoms with van der Waals surface area (Å²) in [6.07, 6.45) is 0.203. The zero-order valence-corrected chi connectivity index (χ0v) is 20.6. The van der Waals surface area contributed by atoms with Crippen LogP contribution in [0.3, 0.4) is 0 Å². The molecular formula is C26H35FN2O4. The lowest BCUT2D eigenvalue weighted by atomic mass is 9.83. The van der Waals surface area contributed by atoms with Gasteiger partial charge in [0.2, 0.25) is 0 Å². The van der Waals surface area contributed by atoms with Gasteiger partial charge in [-0.3, -0.25) is 0 Å². The van der Waals surface area contributed by atoms with Crippen molar-refractivity contribution in [2.24, 2.45) is 0 Å². The van der Waals surface area contributed by atoms with Gasteiger partial charge in [0.05, 0.1) is 12.6 Å². The second-order valence-electron chi connectivity index (χ2n) is 10.4. The molecule has 0 aromatic heterocycles. The Labute approximate surface area is 195 Å². The first kappa shape index (κ1) is 24.7. The van der Waals surface area contributed by atoms with E-state index in [1.807, 2.05) is 71.8 Å². The molecule has 0 spiro atoms. The van der Waals surface area contributed by atoms with Crippen molar-refractivity contribution in [3.05, 3.63) is 53.3 Å². The van der Waals surface area contributed by atoms with Crippen molar-refractivity contribution in [3.8, 4) is 11.5 Å². The topological polar surface area (TPSA) is 62.2 Å². The molecule has 3 rings (SSSR count). The number of rotatable bonds is 5. The lowest BCUT2D eigenvalue weighted by Crippen LogP contribution is -2.46. The Hall–Kier alpha value is -2.96. The molecule has 1 aliphatic rings. The molecule has 7 heteroatoms. The minimum atomic E-state index is -0.673. The molecule has 0 fully saturated rings. The molecule has 0 radical (unpaired) electrons. The Kier molecular flexibility index (Phi) is 6.82. The molecule has 180 valence electrons. The molecule has 0 saturated carbocycles. The normalized spacial score (nSPS) is 15.9. The first-order valence-electron chi connectivity index (χ1n) is 11.2. The van der Waals surface area contributed by atoms with Crippen LogP contribution in [-0.2, 0) is 10.2 Å². The zero-order chi connectivity index (χ0) is 24.6. The molecule has 33 heavy (non-hydrogen) atoms. The van der Waals surface area contributed by atoms with Crippen molar-refractivity contribution < 1.29 is 23.8 Å². The summed E-state index contributed by atoms with van der Waals surface area (Å²) in [6.45, 7) is 10.2. The number of ether oxygens (including phenoxy) is 2. The Morgan fingerprint density at radius 1 is 1.15 bits per heavy atom. The number of benzene rings is 2. The fourth-order valence-electron chi connectivity index (χ4n) is 4.03. The van der Waals surface area contributed by atoms with Gasteiger partial charge in [-0.25, -0.2) is 9.18 Å². The first-order valence-corrected chi connectivity index (χ1v) is 11.2. The van der Waals surface area contributed by atoms with E-state index in [1.165, 1.54) is 12.1 Å². The fourth-order valence-corrected chi connectivity index (χ4v) is 4.03. The van der Waals surface area contributed by atoms with Gasteiger partial charge in [0.25, 0.3) is 0 Å². The Morgan fingerprint density at radius 2 is 1.85 bits per heavy atom. The van der Waals surface area contributed by atoms with Gasteiger partial charge in [-0.1, -0.05) is 26.0 Å². The van der Waals surface area contributed by atoms with Crippen molar-refractivity contribution >= 4 is 11.8 Å². The number of phenolic OH excluding ortho intramolecular Hbond substituents is 1. The average molecular weight is 459 g/mol.